The van der Waals surface area contributed by atoms with Crippen LogP contribution in [0.4, 0.5) is 0 Å². The van der Waals surface area contributed by atoms with Crippen molar-refractivity contribution < 1.29 is 14.5 Å². The van der Waals surface area contributed by atoms with Gasteiger partial charge < -0.3 is 4.74 Å². The first kappa shape index (κ1) is 18.6. The average molecular weight is 341 g/mol. The number of esters is 1. The standard InChI is InChI=1S/C20H23NO4/c1-3-25-20(22)15(2)13-19(21(23)24)14-16-9-11-18(12-10-16)17-7-5-4-6-8-17/h4-12,15,19H,3,13-14H2,1-2H3/t15-,19?/m1/s1. The van der Waals surface area contributed by atoms with Gasteiger partial charge in [0.1, 0.15) is 0 Å². The van der Waals surface area contributed by atoms with Crippen molar-refractivity contribution >= 4 is 5.97 Å². The van der Waals surface area contributed by atoms with Gasteiger partial charge >= 0.3 is 5.97 Å². The van der Waals surface area contributed by atoms with Gasteiger partial charge in [-0.1, -0.05) is 61.5 Å². The molecule has 25 heavy (non-hydrogen) atoms. The quantitative estimate of drug-likeness (QED) is 0.411. The summed E-state index contributed by atoms with van der Waals surface area (Å²) in [4.78, 5) is 22.8. The number of ether oxygens (including phenoxy) is 1. The van der Waals surface area contributed by atoms with Crippen molar-refractivity contribution in [1.29, 1.82) is 0 Å². The molecule has 2 rings (SSSR count). The molecular formula is C20H23NO4. The molecule has 0 heterocycles. The van der Waals surface area contributed by atoms with Crippen LogP contribution >= 0.6 is 0 Å². The summed E-state index contributed by atoms with van der Waals surface area (Å²) in [6.45, 7) is 3.68. The zero-order valence-corrected chi connectivity index (χ0v) is 14.6. The topological polar surface area (TPSA) is 69.4 Å². The van der Waals surface area contributed by atoms with E-state index >= 15 is 0 Å². The number of hydrogen-bond donors (Lipinski definition) is 0. The largest absolute Gasteiger partial charge is 0.466 e. The lowest BCUT2D eigenvalue weighted by atomic mass is 9.95. The maximum atomic E-state index is 11.7. The van der Waals surface area contributed by atoms with Crippen LogP contribution in [-0.4, -0.2) is 23.5 Å². The number of rotatable bonds is 8. The third-order valence-electron chi connectivity index (χ3n) is 4.15. The Morgan fingerprint density at radius 2 is 1.68 bits per heavy atom. The minimum atomic E-state index is -0.804. The van der Waals surface area contributed by atoms with E-state index in [4.69, 9.17) is 4.74 Å². The van der Waals surface area contributed by atoms with Gasteiger partial charge in [0.2, 0.25) is 6.04 Å². The third-order valence-corrected chi connectivity index (χ3v) is 4.15. The van der Waals surface area contributed by atoms with Gasteiger partial charge in [0, 0.05) is 17.8 Å². The van der Waals surface area contributed by atoms with Crippen LogP contribution < -0.4 is 0 Å². The molecule has 0 aromatic heterocycles. The van der Waals surface area contributed by atoms with Crippen LogP contribution in [0.15, 0.2) is 54.6 Å². The fraction of sp³-hybridized carbons (Fsp3) is 0.350. The average Bonchev–Trinajstić information content (AvgIpc) is 2.62. The first-order valence-corrected chi connectivity index (χ1v) is 8.45. The molecule has 0 N–H and O–H groups in total. The summed E-state index contributed by atoms with van der Waals surface area (Å²) in [5.74, 6) is -0.868. The van der Waals surface area contributed by atoms with Crippen molar-refractivity contribution in [2.75, 3.05) is 6.61 Å². The lowest BCUT2D eigenvalue weighted by Crippen LogP contribution is -2.28. The minimum Gasteiger partial charge on any atom is -0.466 e. The maximum absolute atomic E-state index is 11.7. The monoisotopic (exact) mass is 341 g/mol. The molecule has 5 heteroatoms. The van der Waals surface area contributed by atoms with Crippen molar-refractivity contribution in [3.05, 3.63) is 70.3 Å². The van der Waals surface area contributed by atoms with Crippen LogP contribution in [0.3, 0.4) is 0 Å². The summed E-state index contributed by atoms with van der Waals surface area (Å²) in [5.41, 5.74) is 3.06. The Balaban J connectivity index is 2.04. The number of nitrogens with zero attached hydrogens (tertiary/aromatic N) is 1. The van der Waals surface area contributed by atoms with E-state index in [2.05, 4.69) is 0 Å². The molecule has 0 saturated heterocycles. The van der Waals surface area contributed by atoms with Gasteiger partial charge in [-0.25, -0.2) is 0 Å². The fourth-order valence-electron chi connectivity index (χ4n) is 2.77. The van der Waals surface area contributed by atoms with Crippen molar-refractivity contribution in [1.82, 2.24) is 0 Å². The van der Waals surface area contributed by atoms with E-state index in [0.717, 1.165) is 16.7 Å². The van der Waals surface area contributed by atoms with Crippen molar-refractivity contribution in [3.63, 3.8) is 0 Å². The summed E-state index contributed by atoms with van der Waals surface area (Å²) < 4.78 is 4.94. The molecular weight excluding hydrogens is 318 g/mol. The summed E-state index contributed by atoms with van der Waals surface area (Å²) in [6, 6.07) is 16.9. The molecule has 5 nitrogen and oxygen atoms in total. The van der Waals surface area contributed by atoms with E-state index in [1.807, 2.05) is 54.6 Å². The number of nitro groups is 1. The van der Waals surface area contributed by atoms with Crippen LogP contribution in [0.1, 0.15) is 25.8 Å². The molecule has 2 aromatic rings. The number of benzene rings is 2. The van der Waals surface area contributed by atoms with Crippen molar-refractivity contribution in [2.24, 2.45) is 5.92 Å². The Kier molecular flexibility index (Phi) is 6.69. The predicted molar refractivity (Wildman–Crippen MR) is 96.8 cm³/mol. The van der Waals surface area contributed by atoms with Gasteiger partial charge in [0.25, 0.3) is 0 Å². The van der Waals surface area contributed by atoms with Crippen LogP contribution in [0, 0.1) is 16.0 Å². The van der Waals surface area contributed by atoms with Crippen LogP contribution in [0.25, 0.3) is 11.1 Å². The van der Waals surface area contributed by atoms with E-state index in [0.29, 0.717) is 6.42 Å². The van der Waals surface area contributed by atoms with E-state index < -0.39 is 12.0 Å². The molecule has 0 saturated carbocycles. The molecule has 2 atom stereocenters. The van der Waals surface area contributed by atoms with Crippen LogP contribution in [0.2, 0.25) is 0 Å². The Labute approximate surface area is 147 Å². The second-order valence-electron chi connectivity index (χ2n) is 6.10. The molecule has 1 unspecified atom stereocenters. The molecule has 0 spiro atoms. The molecule has 132 valence electrons. The summed E-state index contributed by atoms with van der Waals surface area (Å²) in [7, 11) is 0. The number of carbonyl (C=O) groups is 1. The summed E-state index contributed by atoms with van der Waals surface area (Å²) in [5, 5.41) is 11.4. The second-order valence-corrected chi connectivity index (χ2v) is 6.10. The maximum Gasteiger partial charge on any atom is 0.308 e. The highest BCUT2D eigenvalue weighted by molar-refractivity contribution is 5.72. The SMILES string of the molecule is CCOC(=O)[C@H](C)CC(Cc1ccc(-c2ccccc2)cc1)[N+](=O)[O-]. The van der Waals surface area contributed by atoms with Crippen LogP contribution in [-0.2, 0) is 16.0 Å². The molecule has 0 aliphatic heterocycles. The highest BCUT2D eigenvalue weighted by atomic mass is 16.6. The zero-order valence-electron chi connectivity index (χ0n) is 14.6. The van der Waals surface area contributed by atoms with Crippen molar-refractivity contribution in [2.45, 2.75) is 32.7 Å². The fourth-order valence-corrected chi connectivity index (χ4v) is 2.77. The van der Waals surface area contributed by atoms with Gasteiger partial charge in [-0.05, 0) is 23.6 Å². The lowest BCUT2D eigenvalue weighted by Gasteiger charge is -2.14. The molecule has 0 amide bonds. The Bertz CT molecular complexity index is 697. The van der Waals surface area contributed by atoms with Crippen LogP contribution in [0.5, 0.6) is 0 Å². The van der Waals surface area contributed by atoms with Gasteiger partial charge in [-0.15, -0.1) is 0 Å². The molecule has 0 aliphatic rings. The van der Waals surface area contributed by atoms with Crippen molar-refractivity contribution in [3.8, 4) is 11.1 Å². The van der Waals surface area contributed by atoms with E-state index in [-0.39, 0.29) is 23.9 Å². The number of hydrogen-bond acceptors (Lipinski definition) is 4. The van der Waals surface area contributed by atoms with Gasteiger partial charge in [-0.3, -0.25) is 14.9 Å². The van der Waals surface area contributed by atoms with Gasteiger partial charge in [-0.2, -0.15) is 0 Å². The zero-order chi connectivity index (χ0) is 18.2. The highest BCUT2D eigenvalue weighted by Gasteiger charge is 2.27. The van der Waals surface area contributed by atoms with E-state index in [1.165, 1.54) is 0 Å². The third kappa shape index (κ3) is 5.41. The first-order chi connectivity index (χ1) is 12.0. The number of carbonyl (C=O) groups excluding carboxylic acids is 1. The Hall–Kier alpha value is -2.69. The lowest BCUT2D eigenvalue weighted by molar-refractivity contribution is -0.524. The molecule has 2 aromatic carbocycles. The van der Waals surface area contributed by atoms with Gasteiger partial charge in [0.15, 0.2) is 0 Å². The minimum absolute atomic E-state index is 0.173. The summed E-state index contributed by atoms with van der Waals surface area (Å²) >= 11 is 0. The van der Waals surface area contributed by atoms with Gasteiger partial charge in [0.05, 0.1) is 12.5 Å². The highest BCUT2D eigenvalue weighted by Crippen LogP contribution is 2.21. The molecule has 0 fully saturated rings. The second kappa shape index (κ2) is 8.97. The smallest absolute Gasteiger partial charge is 0.308 e. The Morgan fingerprint density at radius 1 is 1.08 bits per heavy atom. The molecule has 0 aliphatic carbocycles. The molecule has 0 radical (unpaired) electrons. The van der Waals surface area contributed by atoms with E-state index in [9.17, 15) is 14.9 Å². The van der Waals surface area contributed by atoms with E-state index in [1.54, 1.807) is 13.8 Å². The predicted octanol–water partition coefficient (Wildman–Crippen LogP) is 4.13. The Morgan fingerprint density at radius 3 is 2.24 bits per heavy atom. The first-order valence-electron chi connectivity index (χ1n) is 8.45. The normalized spacial score (nSPS) is 13.0. The molecule has 0 bridgehead atoms. The summed E-state index contributed by atoms with van der Waals surface area (Å²) in [6.07, 6.45) is 0.470.